The van der Waals surface area contributed by atoms with Gasteiger partial charge in [0.1, 0.15) is 17.3 Å². The van der Waals surface area contributed by atoms with Crippen molar-refractivity contribution in [1.29, 1.82) is 0 Å². The van der Waals surface area contributed by atoms with E-state index in [-0.39, 0.29) is 12.3 Å². The van der Waals surface area contributed by atoms with Gasteiger partial charge in [0.05, 0.1) is 26.3 Å². The van der Waals surface area contributed by atoms with Crippen molar-refractivity contribution in [2.75, 3.05) is 14.2 Å². The minimum Gasteiger partial charge on any atom is -0.497 e. The normalized spacial score (nSPS) is 10.4. The molecular weight excluding hydrogens is 284 g/mol. The summed E-state index contributed by atoms with van der Waals surface area (Å²) < 4.78 is 15.5. The fourth-order valence-corrected chi connectivity index (χ4v) is 2.19. The number of aryl methyl sites for hydroxylation is 2. The lowest BCUT2D eigenvalue weighted by molar-refractivity contribution is -0.120. The van der Waals surface area contributed by atoms with Crippen molar-refractivity contribution < 1.29 is 18.8 Å². The molecule has 1 heterocycles. The largest absolute Gasteiger partial charge is 0.497 e. The first-order valence-electron chi connectivity index (χ1n) is 6.94. The number of carbonyl (C=O) groups is 1. The molecule has 0 aliphatic rings. The number of aromatic nitrogens is 1. The summed E-state index contributed by atoms with van der Waals surface area (Å²) in [7, 11) is 3.19. The minimum absolute atomic E-state index is 0.0979. The number of nitrogens with zero attached hydrogens (tertiary/aromatic N) is 1. The molecule has 6 nitrogen and oxygen atoms in total. The van der Waals surface area contributed by atoms with Gasteiger partial charge < -0.3 is 19.3 Å². The molecule has 1 aromatic heterocycles. The van der Waals surface area contributed by atoms with Crippen molar-refractivity contribution in [3.05, 3.63) is 40.8 Å². The summed E-state index contributed by atoms with van der Waals surface area (Å²) in [5, 5.41) is 6.72. The van der Waals surface area contributed by atoms with Crippen LogP contribution in [0.15, 0.2) is 22.7 Å². The second-order valence-electron chi connectivity index (χ2n) is 4.93. The highest BCUT2D eigenvalue weighted by atomic mass is 16.5. The van der Waals surface area contributed by atoms with Gasteiger partial charge in [-0.15, -0.1) is 0 Å². The van der Waals surface area contributed by atoms with Gasteiger partial charge in [0, 0.05) is 17.7 Å². The van der Waals surface area contributed by atoms with Crippen LogP contribution in [0.4, 0.5) is 0 Å². The molecule has 1 N–H and O–H groups in total. The summed E-state index contributed by atoms with van der Waals surface area (Å²) >= 11 is 0. The lowest BCUT2D eigenvalue weighted by atomic mass is 10.1. The molecule has 0 spiro atoms. The first kappa shape index (κ1) is 15.9. The third kappa shape index (κ3) is 3.58. The molecule has 22 heavy (non-hydrogen) atoms. The zero-order chi connectivity index (χ0) is 16.1. The summed E-state index contributed by atoms with van der Waals surface area (Å²) in [5.41, 5.74) is 2.43. The Hall–Kier alpha value is -2.50. The van der Waals surface area contributed by atoms with Crippen LogP contribution in [0.5, 0.6) is 11.5 Å². The summed E-state index contributed by atoms with van der Waals surface area (Å²) in [6, 6.07) is 5.47. The van der Waals surface area contributed by atoms with E-state index in [1.165, 1.54) is 0 Å². The lowest BCUT2D eigenvalue weighted by Gasteiger charge is -2.11. The first-order valence-corrected chi connectivity index (χ1v) is 6.94. The molecule has 1 aromatic carbocycles. The molecule has 0 atom stereocenters. The highest BCUT2D eigenvalue weighted by Gasteiger charge is 2.14. The van der Waals surface area contributed by atoms with Crippen LogP contribution in [-0.4, -0.2) is 25.3 Å². The predicted octanol–water partition coefficient (Wildman–Crippen LogP) is 2.17. The highest BCUT2D eigenvalue weighted by Crippen LogP contribution is 2.23. The number of hydrogen-bond donors (Lipinski definition) is 1. The lowest BCUT2D eigenvalue weighted by Crippen LogP contribution is -2.25. The molecule has 0 saturated carbocycles. The van der Waals surface area contributed by atoms with Crippen LogP contribution < -0.4 is 14.8 Å². The molecule has 6 heteroatoms. The van der Waals surface area contributed by atoms with Gasteiger partial charge >= 0.3 is 0 Å². The van der Waals surface area contributed by atoms with Crippen LogP contribution in [0.2, 0.25) is 0 Å². The number of ether oxygens (including phenoxy) is 2. The van der Waals surface area contributed by atoms with E-state index < -0.39 is 0 Å². The molecule has 2 aromatic rings. The van der Waals surface area contributed by atoms with Gasteiger partial charge in [-0.2, -0.15) is 0 Å². The summed E-state index contributed by atoms with van der Waals surface area (Å²) in [6.45, 7) is 3.99. The molecule has 0 aliphatic heterocycles. The van der Waals surface area contributed by atoms with Crippen molar-refractivity contribution >= 4 is 5.91 Å². The topological polar surface area (TPSA) is 73.6 Å². The molecule has 0 bridgehead atoms. The zero-order valence-corrected chi connectivity index (χ0v) is 13.2. The Bertz CT molecular complexity index is 645. The summed E-state index contributed by atoms with van der Waals surface area (Å²) in [5.74, 6) is 2.00. The maximum absolute atomic E-state index is 12.1. The number of rotatable bonds is 6. The average Bonchev–Trinajstić information content (AvgIpc) is 2.84. The highest BCUT2D eigenvalue weighted by molar-refractivity contribution is 5.79. The van der Waals surface area contributed by atoms with Gasteiger partial charge in [0.25, 0.3) is 0 Å². The maximum Gasteiger partial charge on any atom is 0.224 e. The molecule has 118 valence electrons. The van der Waals surface area contributed by atoms with E-state index in [1.54, 1.807) is 21.1 Å². The first-order chi connectivity index (χ1) is 10.5. The van der Waals surface area contributed by atoms with E-state index in [0.29, 0.717) is 18.1 Å². The Kier molecular flexibility index (Phi) is 5.04. The van der Waals surface area contributed by atoms with Gasteiger partial charge in [-0.05, 0) is 32.0 Å². The Morgan fingerprint density at radius 2 is 2.05 bits per heavy atom. The van der Waals surface area contributed by atoms with Crippen molar-refractivity contribution in [2.24, 2.45) is 0 Å². The van der Waals surface area contributed by atoms with Crippen LogP contribution in [0.25, 0.3) is 0 Å². The molecular formula is C16H20N2O4. The third-order valence-corrected chi connectivity index (χ3v) is 3.48. The molecule has 0 aliphatic carbocycles. The Morgan fingerprint density at radius 3 is 2.64 bits per heavy atom. The van der Waals surface area contributed by atoms with Gasteiger partial charge in [-0.25, -0.2) is 0 Å². The van der Waals surface area contributed by atoms with Crippen molar-refractivity contribution in [1.82, 2.24) is 10.5 Å². The maximum atomic E-state index is 12.1. The number of hydrogen-bond acceptors (Lipinski definition) is 5. The van der Waals surface area contributed by atoms with Crippen molar-refractivity contribution in [3.8, 4) is 11.5 Å². The molecule has 1 amide bonds. The second kappa shape index (κ2) is 6.98. The fraction of sp³-hybridized carbons (Fsp3) is 0.375. The average molecular weight is 304 g/mol. The quantitative estimate of drug-likeness (QED) is 0.885. The predicted molar refractivity (Wildman–Crippen MR) is 81.1 cm³/mol. The van der Waals surface area contributed by atoms with Crippen molar-refractivity contribution in [2.45, 2.75) is 26.8 Å². The molecule has 0 unspecified atom stereocenters. The molecule has 0 radical (unpaired) electrons. The number of benzene rings is 1. The van der Waals surface area contributed by atoms with Gasteiger partial charge in [-0.1, -0.05) is 5.16 Å². The molecule has 0 fully saturated rings. The SMILES string of the molecule is COc1ccc(OC)c(CNC(=O)Cc2c(C)noc2C)c1. The smallest absolute Gasteiger partial charge is 0.224 e. The van der Waals surface area contributed by atoms with E-state index >= 15 is 0 Å². The van der Waals surface area contributed by atoms with Crippen LogP contribution in [0, 0.1) is 13.8 Å². The van der Waals surface area contributed by atoms with Gasteiger partial charge in [-0.3, -0.25) is 4.79 Å². The van der Waals surface area contributed by atoms with Crippen LogP contribution in [-0.2, 0) is 17.8 Å². The third-order valence-electron chi connectivity index (χ3n) is 3.48. The zero-order valence-electron chi connectivity index (χ0n) is 13.2. The van der Waals surface area contributed by atoms with Gasteiger partial charge in [0.2, 0.25) is 5.91 Å². The van der Waals surface area contributed by atoms with E-state index in [9.17, 15) is 4.79 Å². The number of amides is 1. The van der Waals surface area contributed by atoms with Crippen molar-refractivity contribution in [3.63, 3.8) is 0 Å². The Labute approximate surface area is 129 Å². The molecule has 2 rings (SSSR count). The number of nitrogens with one attached hydrogen (secondary N) is 1. The molecule has 0 saturated heterocycles. The van der Waals surface area contributed by atoms with Crippen LogP contribution in [0.1, 0.15) is 22.6 Å². The Morgan fingerprint density at radius 1 is 1.27 bits per heavy atom. The van der Waals surface area contributed by atoms with Crippen LogP contribution in [0.3, 0.4) is 0 Å². The summed E-state index contributed by atoms with van der Waals surface area (Å²) in [6.07, 6.45) is 0.244. The minimum atomic E-state index is -0.0979. The second-order valence-corrected chi connectivity index (χ2v) is 4.93. The monoisotopic (exact) mass is 304 g/mol. The van der Waals surface area contributed by atoms with Crippen LogP contribution >= 0.6 is 0 Å². The van der Waals surface area contributed by atoms with E-state index in [1.807, 2.05) is 25.1 Å². The van der Waals surface area contributed by atoms with E-state index in [2.05, 4.69) is 10.5 Å². The standard InChI is InChI=1S/C16H20N2O4/c1-10-14(11(2)22-18-10)8-16(19)17-9-12-7-13(20-3)5-6-15(12)21-4/h5-7H,8-9H2,1-4H3,(H,17,19). The summed E-state index contributed by atoms with van der Waals surface area (Å²) in [4.78, 5) is 12.1. The fourth-order valence-electron chi connectivity index (χ4n) is 2.19. The number of methoxy groups -OCH3 is 2. The Balaban J connectivity index is 2.02. The van der Waals surface area contributed by atoms with Gasteiger partial charge in [0.15, 0.2) is 0 Å². The van der Waals surface area contributed by atoms with E-state index in [0.717, 1.165) is 22.6 Å². The number of carbonyl (C=O) groups excluding carboxylic acids is 1. The van der Waals surface area contributed by atoms with E-state index in [4.69, 9.17) is 14.0 Å².